The lowest BCUT2D eigenvalue weighted by Gasteiger charge is -2.26. The van der Waals surface area contributed by atoms with Crippen LogP contribution in [0.25, 0.3) is 0 Å². The molecule has 3 rings (SSSR count). The van der Waals surface area contributed by atoms with Gasteiger partial charge in [-0.3, -0.25) is 19.9 Å². The summed E-state index contributed by atoms with van der Waals surface area (Å²) in [4.78, 5) is 26.5. The second-order valence-corrected chi connectivity index (χ2v) is 7.80. The zero-order valence-electron chi connectivity index (χ0n) is 18.6. The van der Waals surface area contributed by atoms with E-state index >= 15 is 0 Å². The normalized spacial score (nSPS) is 15.6. The van der Waals surface area contributed by atoms with Gasteiger partial charge in [-0.1, -0.05) is 6.92 Å². The Kier molecular flexibility index (Phi) is 8.10. The number of rotatable bonds is 9. The smallest absolute Gasteiger partial charge is 0.254 e. The molecule has 2 aromatic rings. The topological polar surface area (TPSA) is 73.9 Å². The van der Waals surface area contributed by atoms with E-state index in [2.05, 4.69) is 5.32 Å². The van der Waals surface area contributed by atoms with E-state index in [0.717, 1.165) is 16.3 Å². The highest BCUT2D eigenvalue weighted by molar-refractivity contribution is 7.80. The van der Waals surface area contributed by atoms with Crippen LogP contribution in [0.4, 0.5) is 33.3 Å². The number of likely N-dealkylation sites (N-methyl/N-ethyl adjacent to an activating group) is 1. The van der Waals surface area contributed by atoms with E-state index in [1.807, 2.05) is 12.3 Å². The molecule has 1 aliphatic rings. The van der Waals surface area contributed by atoms with E-state index in [9.17, 15) is 31.5 Å². The standard InChI is InChI=1S/C22H21F5N4O3S/c1-3-9-34-12-7-5-11(6-8-12)28-14(32)10-13-21(33)30(4-2)22(35)31(13)29-20-18(26)16(24)15(23)17(25)19(20)27/h5-8,13,29H,3-4,9-10H2,1-2H3,(H,28,32). The predicted octanol–water partition coefficient (Wildman–Crippen LogP) is 4.34. The van der Waals surface area contributed by atoms with Crippen molar-refractivity contribution in [2.24, 2.45) is 0 Å². The minimum atomic E-state index is -2.33. The van der Waals surface area contributed by atoms with Gasteiger partial charge in [-0.2, -0.15) is 0 Å². The van der Waals surface area contributed by atoms with Gasteiger partial charge in [0.25, 0.3) is 5.91 Å². The first-order chi connectivity index (χ1) is 16.6. The average molecular weight is 516 g/mol. The molecular weight excluding hydrogens is 495 g/mol. The van der Waals surface area contributed by atoms with Gasteiger partial charge in [0.15, 0.2) is 28.4 Å². The van der Waals surface area contributed by atoms with Crippen LogP contribution < -0.4 is 15.5 Å². The molecule has 2 amide bonds. The summed E-state index contributed by atoms with van der Waals surface area (Å²) in [5, 5.41) is 3.01. The highest BCUT2D eigenvalue weighted by Crippen LogP contribution is 2.30. The van der Waals surface area contributed by atoms with E-state index in [0.29, 0.717) is 18.0 Å². The van der Waals surface area contributed by atoms with Crippen molar-refractivity contribution in [1.82, 2.24) is 9.91 Å². The van der Waals surface area contributed by atoms with Crippen LogP contribution in [0.1, 0.15) is 26.7 Å². The number of carbonyl (C=O) groups is 2. The van der Waals surface area contributed by atoms with Gasteiger partial charge in [-0.15, -0.1) is 0 Å². The zero-order chi connectivity index (χ0) is 25.9. The van der Waals surface area contributed by atoms with E-state index in [1.54, 1.807) is 31.2 Å². The quantitative estimate of drug-likeness (QED) is 0.224. The van der Waals surface area contributed by atoms with Crippen LogP contribution in [0, 0.1) is 29.1 Å². The van der Waals surface area contributed by atoms with Gasteiger partial charge in [-0.25, -0.2) is 27.0 Å². The van der Waals surface area contributed by atoms with Crippen molar-refractivity contribution in [3.8, 4) is 5.75 Å². The maximum atomic E-state index is 14.2. The number of nitrogens with one attached hydrogen (secondary N) is 2. The van der Waals surface area contributed by atoms with Crippen molar-refractivity contribution in [2.75, 3.05) is 23.9 Å². The molecule has 13 heteroatoms. The van der Waals surface area contributed by atoms with Gasteiger partial charge < -0.3 is 10.1 Å². The number of nitrogens with zero attached hydrogens (tertiary/aromatic N) is 2. The average Bonchev–Trinajstić information content (AvgIpc) is 3.06. The third-order valence-electron chi connectivity index (χ3n) is 5.05. The van der Waals surface area contributed by atoms with Gasteiger partial charge in [0.1, 0.15) is 17.5 Å². The number of hydrogen-bond donors (Lipinski definition) is 2. The summed E-state index contributed by atoms with van der Waals surface area (Å²) >= 11 is 5.14. The molecule has 0 bridgehead atoms. The highest BCUT2D eigenvalue weighted by Gasteiger charge is 2.44. The Labute approximate surface area is 202 Å². The predicted molar refractivity (Wildman–Crippen MR) is 121 cm³/mol. The number of hydrazine groups is 1. The van der Waals surface area contributed by atoms with Gasteiger partial charge in [0, 0.05) is 12.2 Å². The molecule has 1 heterocycles. The van der Waals surface area contributed by atoms with E-state index in [-0.39, 0.29) is 11.7 Å². The molecule has 0 aromatic heterocycles. The van der Waals surface area contributed by atoms with Gasteiger partial charge in [0.05, 0.1) is 13.0 Å². The van der Waals surface area contributed by atoms with Crippen molar-refractivity contribution in [1.29, 1.82) is 0 Å². The second kappa shape index (κ2) is 10.8. The third-order valence-corrected chi connectivity index (χ3v) is 5.46. The molecular formula is C22H21F5N4O3S. The maximum absolute atomic E-state index is 14.2. The fourth-order valence-electron chi connectivity index (χ4n) is 3.31. The largest absolute Gasteiger partial charge is 0.494 e. The molecule has 7 nitrogen and oxygen atoms in total. The highest BCUT2D eigenvalue weighted by atomic mass is 32.1. The van der Waals surface area contributed by atoms with E-state index in [4.69, 9.17) is 17.0 Å². The Bertz CT molecular complexity index is 1120. The molecule has 2 aromatic carbocycles. The molecule has 35 heavy (non-hydrogen) atoms. The molecule has 1 aliphatic heterocycles. The monoisotopic (exact) mass is 516 g/mol. The Balaban J connectivity index is 1.81. The molecule has 0 radical (unpaired) electrons. The summed E-state index contributed by atoms with van der Waals surface area (Å²) in [7, 11) is 0. The van der Waals surface area contributed by atoms with E-state index in [1.165, 1.54) is 0 Å². The number of halogens is 5. The molecule has 188 valence electrons. The zero-order valence-corrected chi connectivity index (χ0v) is 19.4. The van der Waals surface area contributed by atoms with Gasteiger partial charge >= 0.3 is 0 Å². The molecule has 1 atom stereocenters. The molecule has 1 unspecified atom stereocenters. The van der Waals surface area contributed by atoms with E-state index < -0.39 is 59.1 Å². The Hall–Kier alpha value is -3.48. The SMILES string of the molecule is CCCOc1ccc(NC(=O)CC2C(=O)N(CC)C(=S)N2Nc2c(F)c(F)c(F)c(F)c2F)cc1. The van der Waals surface area contributed by atoms with Crippen LogP contribution in [-0.4, -0.2) is 46.0 Å². The Morgan fingerprint density at radius 1 is 1.00 bits per heavy atom. The van der Waals surface area contributed by atoms with Crippen molar-refractivity contribution in [3.05, 3.63) is 53.4 Å². The van der Waals surface area contributed by atoms with Gasteiger partial charge in [-0.05, 0) is 49.8 Å². The summed E-state index contributed by atoms with van der Waals surface area (Å²) in [6.07, 6.45) is 0.284. The first-order valence-corrected chi connectivity index (χ1v) is 11.0. The lowest BCUT2D eigenvalue weighted by molar-refractivity contribution is -0.130. The summed E-state index contributed by atoms with van der Waals surface area (Å²) in [5.74, 6) is -11.7. The van der Waals surface area contributed by atoms with Crippen LogP contribution in [0.15, 0.2) is 24.3 Å². The van der Waals surface area contributed by atoms with Crippen LogP contribution >= 0.6 is 12.2 Å². The molecule has 2 N–H and O–H groups in total. The first kappa shape index (κ1) is 26.1. The number of amides is 2. The minimum absolute atomic E-state index is 0.0459. The first-order valence-electron chi connectivity index (χ1n) is 10.6. The number of anilines is 2. The van der Waals surface area contributed by atoms with Crippen LogP contribution in [0.3, 0.4) is 0 Å². The lowest BCUT2D eigenvalue weighted by Crippen LogP contribution is -2.42. The molecule has 0 aliphatic carbocycles. The fourth-order valence-corrected chi connectivity index (χ4v) is 3.70. The van der Waals surface area contributed by atoms with Crippen LogP contribution in [0.2, 0.25) is 0 Å². The van der Waals surface area contributed by atoms with Gasteiger partial charge in [0.2, 0.25) is 11.7 Å². The Morgan fingerprint density at radius 3 is 2.11 bits per heavy atom. The van der Waals surface area contributed by atoms with Crippen molar-refractivity contribution < 1.29 is 36.3 Å². The number of benzene rings is 2. The number of thiocarbonyl (C=S) groups is 1. The summed E-state index contributed by atoms with van der Waals surface area (Å²) in [6, 6.07) is 5.01. The minimum Gasteiger partial charge on any atom is -0.494 e. The fraction of sp³-hybridized carbons (Fsp3) is 0.318. The van der Waals surface area contributed by atoms with Crippen molar-refractivity contribution in [3.63, 3.8) is 0 Å². The molecule has 0 spiro atoms. The summed E-state index contributed by atoms with van der Waals surface area (Å²) in [6.45, 7) is 4.08. The maximum Gasteiger partial charge on any atom is 0.254 e. The number of hydrogen-bond acceptors (Lipinski definition) is 5. The lowest BCUT2D eigenvalue weighted by atomic mass is 10.2. The van der Waals surface area contributed by atoms with Crippen molar-refractivity contribution in [2.45, 2.75) is 32.7 Å². The molecule has 0 saturated carbocycles. The van der Waals surface area contributed by atoms with Crippen molar-refractivity contribution >= 4 is 40.5 Å². The summed E-state index contributed by atoms with van der Waals surface area (Å²) in [5.41, 5.74) is 1.00. The second-order valence-electron chi connectivity index (χ2n) is 7.43. The molecule has 1 fully saturated rings. The molecule has 1 saturated heterocycles. The number of carbonyl (C=O) groups excluding carboxylic acids is 2. The number of ether oxygens (including phenoxy) is 1. The van der Waals surface area contributed by atoms with Crippen LogP contribution in [0.5, 0.6) is 5.75 Å². The third kappa shape index (κ3) is 5.29. The Morgan fingerprint density at radius 2 is 1.57 bits per heavy atom. The summed E-state index contributed by atoms with van der Waals surface area (Å²) < 4.78 is 74.5. The van der Waals surface area contributed by atoms with Crippen LogP contribution in [-0.2, 0) is 9.59 Å².